The first kappa shape index (κ1) is 23.8. The Hall–Kier alpha value is -3.56. The Morgan fingerprint density at radius 2 is 1.81 bits per heavy atom. The fourth-order valence-electron chi connectivity index (χ4n) is 6.47. The van der Waals surface area contributed by atoms with Gasteiger partial charge in [-0.05, 0) is 60.1 Å². The van der Waals surface area contributed by atoms with E-state index in [2.05, 4.69) is 29.0 Å². The minimum atomic E-state index is -0.868. The van der Waals surface area contributed by atoms with Gasteiger partial charge in [-0.25, -0.2) is 13.8 Å². The Morgan fingerprint density at radius 3 is 2.57 bits per heavy atom. The van der Waals surface area contributed by atoms with Crippen LogP contribution in [0, 0.1) is 17.0 Å². The lowest BCUT2D eigenvalue weighted by Crippen LogP contribution is -2.37. The van der Waals surface area contributed by atoms with E-state index < -0.39 is 23.2 Å². The van der Waals surface area contributed by atoms with Gasteiger partial charge in [-0.1, -0.05) is 26.0 Å². The maximum absolute atomic E-state index is 14.5. The third kappa shape index (κ3) is 3.44. The highest BCUT2D eigenvalue weighted by atomic mass is 19.1. The van der Waals surface area contributed by atoms with Crippen LogP contribution in [0.5, 0.6) is 0 Å². The average molecular weight is 504 g/mol. The molecular formula is C28H27F2N5O2. The van der Waals surface area contributed by atoms with Gasteiger partial charge in [0, 0.05) is 6.20 Å². The first-order valence-electron chi connectivity index (χ1n) is 12.4. The predicted octanol–water partition coefficient (Wildman–Crippen LogP) is 4.24. The number of hydrogen-bond donors (Lipinski definition) is 2. The fourth-order valence-corrected chi connectivity index (χ4v) is 6.47. The number of rotatable bonds is 6. The molecule has 0 saturated heterocycles. The normalized spacial score (nSPS) is 22.3. The fraction of sp³-hybridized carbons (Fsp3) is 0.357. The number of nitrogens with zero attached hydrogens (tertiary/aromatic N) is 5. The summed E-state index contributed by atoms with van der Waals surface area (Å²) < 4.78 is 30.7. The second kappa shape index (κ2) is 8.49. The van der Waals surface area contributed by atoms with Crippen LogP contribution >= 0.6 is 0 Å². The zero-order valence-corrected chi connectivity index (χ0v) is 20.6. The molecule has 1 fully saturated rings. The Bertz CT molecular complexity index is 1480. The number of imidazole rings is 1. The van der Waals surface area contributed by atoms with Crippen LogP contribution in [0.3, 0.4) is 0 Å². The lowest BCUT2D eigenvalue weighted by atomic mass is 9.66. The van der Waals surface area contributed by atoms with Crippen molar-refractivity contribution in [3.63, 3.8) is 0 Å². The van der Waals surface area contributed by atoms with E-state index in [4.69, 9.17) is 10.1 Å². The van der Waals surface area contributed by atoms with Gasteiger partial charge < -0.3 is 14.8 Å². The topological polar surface area (TPSA) is 97.0 Å². The lowest BCUT2D eigenvalue weighted by Gasteiger charge is -2.37. The predicted molar refractivity (Wildman–Crippen MR) is 132 cm³/mol. The van der Waals surface area contributed by atoms with Crippen molar-refractivity contribution in [1.29, 1.82) is 0 Å². The Labute approximate surface area is 212 Å². The average Bonchev–Trinajstić information content (AvgIpc) is 3.51. The molecular weight excluding hydrogens is 476 g/mol. The number of aromatic nitrogens is 5. The van der Waals surface area contributed by atoms with Crippen molar-refractivity contribution in [2.75, 3.05) is 6.61 Å². The third-order valence-electron chi connectivity index (χ3n) is 8.32. The maximum atomic E-state index is 14.5. The standard InChI is InChI=1S/C28H27F2N5O2/c1-27(2)18-9-10-28(27,26-17(18)11-22(33-34-26)25-19(29)5-3-6-20(25)30)24-8-4-7-21(32-24)23-13-35(15-31-23)12-16(37)14-36/h3-8,11,13,15-16,18,36-37H,9-10,12,14H2,1-2H3/t16?,18-,28-/m0/s1. The molecule has 190 valence electrons. The van der Waals surface area contributed by atoms with Gasteiger partial charge in [-0.3, -0.25) is 4.98 Å². The quantitative estimate of drug-likeness (QED) is 0.409. The van der Waals surface area contributed by atoms with Gasteiger partial charge >= 0.3 is 0 Å². The van der Waals surface area contributed by atoms with Crippen LogP contribution in [0.25, 0.3) is 22.6 Å². The van der Waals surface area contributed by atoms with Crippen LogP contribution in [0.15, 0.2) is 55.0 Å². The van der Waals surface area contributed by atoms with Crippen molar-refractivity contribution in [3.05, 3.63) is 83.6 Å². The SMILES string of the molecule is CC1(C)[C@H]2CC[C@]1(c1cccc(-c3cn(CC(O)CO)cn3)n1)c1nnc(-c3c(F)cccc3F)cc12. The summed E-state index contributed by atoms with van der Waals surface area (Å²) in [5, 5.41) is 27.8. The Balaban J connectivity index is 1.43. The number of pyridine rings is 1. The molecule has 6 rings (SSSR count). The largest absolute Gasteiger partial charge is 0.394 e. The van der Waals surface area contributed by atoms with E-state index in [-0.39, 0.29) is 35.7 Å². The van der Waals surface area contributed by atoms with Gasteiger partial charge in [-0.2, -0.15) is 5.10 Å². The molecule has 0 aliphatic heterocycles. The Morgan fingerprint density at radius 1 is 1.05 bits per heavy atom. The highest BCUT2D eigenvalue weighted by Gasteiger charge is 2.65. The molecule has 9 heteroatoms. The van der Waals surface area contributed by atoms with E-state index >= 15 is 0 Å². The maximum Gasteiger partial charge on any atom is 0.135 e. The minimum Gasteiger partial charge on any atom is -0.394 e. The molecule has 0 radical (unpaired) electrons. The number of fused-ring (bicyclic) bond motifs is 5. The van der Waals surface area contributed by atoms with Crippen molar-refractivity contribution in [2.45, 2.75) is 50.7 Å². The minimum absolute atomic E-state index is 0.149. The van der Waals surface area contributed by atoms with Crippen molar-refractivity contribution >= 4 is 0 Å². The summed E-state index contributed by atoms with van der Waals surface area (Å²) >= 11 is 0. The van der Waals surface area contributed by atoms with Crippen LogP contribution in [0.2, 0.25) is 0 Å². The first-order valence-corrected chi connectivity index (χ1v) is 12.4. The number of halogens is 2. The molecule has 0 spiro atoms. The van der Waals surface area contributed by atoms with Gasteiger partial charge in [0.1, 0.15) is 17.3 Å². The summed E-state index contributed by atoms with van der Waals surface area (Å²) in [6.07, 6.45) is 4.28. The highest BCUT2D eigenvalue weighted by molar-refractivity contribution is 5.64. The van der Waals surface area contributed by atoms with Crippen LogP contribution in [-0.2, 0) is 12.0 Å². The van der Waals surface area contributed by atoms with E-state index in [9.17, 15) is 13.9 Å². The highest BCUT2D eigenvalue weighted by Crippen LogP contribution is 2.69. The molecule has 1 saturated carbocycles. The number of hydrogen-bond acceptors (Lipinski definition) is 6. The van der Waals surface area contributed by atoms with Crippen molar-refractivity contribution < 1.29 is 19.0 Å². The number of benzene rings is 1. The summed E-state index contributed by atoms with van der Waals surface area (Å²) in [5.74, 6) is -1.17. The summed E-state index contributed by atoms with van der Waals surface area (Å²) in [6.45, 7) is 4.31. The van der Waals surface area contributed by atoms with E-state index in [1.165, 1.54) is 18.2 Å². The molecule has 2 N–H and O–H groups in total. The molecule has 3 atom stereocenters. The smallest absolute Gasteiger partial charge is 0.135 e. The van der Waals surface area contributed by atoms with Crippen molar-refractivity contribution in [1.82, 2.24) is 24.7 Å². The van der Waals surface area contributed by atoms with Gasteiger partial charge in [0.05, 0.1) is 59.3 Å². The molecule has 7 nitrogen and oxygen atoms in total. The second-order valence-electron chi connectivity index (χ2n) is 10.5. The lowest BCUT2D eigenvalue weighted by molar-refractivity contribution is 0.0812. The molecule has 3 aromatic heterocycles. The Kier molecular flexibility index (Phi) is 5.47. The summed E-state index contributed by atoms with van der Waals surface area (Å²) in [6, 6.07) is 11.4. The number of aliphatic hydroxyl groups is 2. The van der Waals surface area contributed by atoms with Crippen LogP contribution in [0.1, 0.15) is 49.6 Å². The van der Waals surface area contributed by atoms with Crippen LogP contribution in [-0.4, -0.2) is 47.7 Å². The molecule has 1 unspecified atom stereocenters. The summed E-state index contributed by atoms with van der Waals surface area (Å²) in [5.41, 5.74) is 3.29. The first-order chi connectivity index (χ1) is 17.8. The molecule has 0 amide bonds. The number of aliphatic hydroxyl groups excluding tert-OH is 2. The van der Waals surface area contributed by atoms with Gasteiger partial charge in [0.15, 0.2) is 0 Å². The van der Waals surface area contributed by atoms with E-state index in [0.717, 1.165) is 29.8 Å². The monoisotopic (exact) mass is 503 g/mol. The van der Waals surface area contributed by atoms with Crippen molar-refractivity contribution in [2.24, 2.45) is 5.41 Å². The molecule has 37 heavy (non-hydrogen) atoms. The van der Waals surface area contributed by atoms with E-state index in [1.54, 1.807) is 23.2 Å². The zero-order valence-electron chi connectivity index (χ0n) is 20.6. The summed E-state index contributed by atoms with van der Waals surface area (Å²) in [7, 11) is 0. The van der Waals surface area contributed by atoms with Crippen LogP contribution < -0.4 is 0 Å². The molecule has 2 aliphatic rings. The molecule has 2 bridgehead atoms. The van der Waals surface area contributed by atoms with Crippen LogP contribution in [0.4, 0.5) is 8.78 Å². The van der Waals surface area contributed by atoms with E-state index in [1.807, 2.05) is 18.2 Å². The third-order valence-corrected chi connectivity index (χ3v) is 8.32. The zero-order chi connectivity index (χ0) is 25.9. The molecule has 3 heterocycles. The molecule has 2 aliphatic carbocycles. The van der Waals surface area contributed by atoms with E-state index in [0.29, 0.717) is 11.4 Å². The second-order valence-corrected chi connectivity index (χ2v) is 10.5. The van der Waals surface area contributed by atoms with Crippen molar-refractivity contribution in [3.8, 4) is 22.6 Å². The van der Waals surface area contributed by atoms with Gasteiger partial charge in [0.2, 0.25) is 0 Å². The van der Waals surface area contributed by atoms with Gasteiger partial charge in [0.25, 0.3) is 0 Å². The molecule has 1 aromatic carbocycles. The summed E-state index contributed by atoms with van der Waals surface area (Å²) in [4.78, 5) is 9.49. The van der Waals surface area contributed by atoms with Gasteiger partial charge in [-0.15, -0.1) is 5.10 Å². The molecule has 4 aromatic rings.